The Morgan fingerprint density at radius 1 is 1.33 bits per heavy atom. The van der Waals surface area contributed by atoms with Gasteiger partial charge >= 0.3 is 0 Å². The molecule has 0 amide bonds. The quantitative estimate of drug-likeness (QED) is 0.801. The third-order valence-electron chi connectivity index (χ3n) is 3.88. The van der Waals surface area contributed by atoms with Gasteiger partial charge in [0, 0.05) is 43.3 Å². The second-order valence-electron chi connectivity index (χ2n) is 5.22. The van der Waals surface area contributed by atoms with Crippen molar-refractivity contribution in [1.82, 2.24) is 0 Å². The number of carbonyl (C=O) groups is 1. The molecule has 0 radical (unpaired) electrons. The summed E-state index contributed by atoms with van der Waals surface area (Å²) in [7, 11) is 0. The van der Waals surface area contributed by atoms with Crippen molar-refractivity contribution in [2.45, 2.75) is 19.3 Å². The zero-order valence-electron chi connectivity index (χ0n) is 10.6. The number of hydrogen-bond acceptors (Lipinski definition) is 3. The molecule has 1 fully saturated rings. The van der Waals surface area contributed by atoms with Crippen LogP contribution in [0.1, 0.15) is 29.6 Å². The lowest BCUT2D eigenvalue weighted by Crippen LogP contribution is -2.30. The first-order valence-corrected chi connectivity index (χ1v) is 6.79. The van der Waals surface area contributed by atoms with Crippen LogP contribution in [0.3, 0.4) is 0 Å². The van der Waals surface area contributed by atoms with Gasteiger partial charge in [0.15, 0.2) is 5.78 Å². The standard InChI is InChI=1S/C15H19NO2/c17-15-6-3-8-16(10-12-7-9-18-11-12)14-5-2-1-4-13(14)15/h1-2,4-5,12H,3,6-11H2. The van der Waals surface area contributed by atoms with Crippen molar-refractivity contribution in [1.29, 1.82) is 0 Å². The van der Waals surface area contributed by atoms with Crippen LogP contribution in [0.4, 0.5) is 5.69 Å². The molecule has 0 N–H and O–H groups in total. The number of carbonyl (C=O) groups excluding carboxylic acids is 1. The van der Waals surface area contributed by atoms with Crippen molar-refractivity contribution < 1.29 is 9.53 Å². The molecule has 2 heterocycles. The van der Waals surface area contributed by atoms with Gasteiger partial charge in [-0.25, -0.2) is 0 Å². The van der Waals surface area contributed by atoms with Crippen LogP contribution in [0.15, 0.2) is 24.3 Å². The summed E-state index contributed by atoms with van der Waals surface area (Å²) in [6, 6.07) is 8.02. The molecule has 0 saturated carbocycles. The van der Waals surface area contributed by atoms with E-state index < -0.39 is 0 Å². The maximum Gasteiger partial charge on any atom is 0.165 e. The number of fused-ring (bicyclic) bond motifs is 1. The molecule has 2 aliphatic rings. The highest BCUT2D eigenvalue weighted by molar-refractivity contribution is 6.01. The lowest BCUT2D eigenvalue weighted by Gasteiger charge is -2.27. The van der Waals surface area contributed by atoms with E-state index in [9.17, 15) is 4.79 Å². The van der Waals surface area contributed by atoms with Crippen molar-refractivity contribution in [3.63, 3.8) is 0 Å². The summed E-state index contributed by atoms with van der Waals surface area (Å²) in [5.74, 6) is 0.905. The number of hydrogen-bond donors (Lipinski definition) is 0. The lowest BCUT2D eigenvalue weighted by atomic mass is 10.1. The number of para-hydroxylation sites is 1. The van der Waals surface area contributed by atoms with Crippen LogP contribution in [-0.2, 0) is 4.74 Å². The van der Waals surface area contributed by atoms with E-state index in [1.54, 1.807) is 0 Å². The van der Waals surface area contributed by atoms with Crippen LogP contribution >= 0.6 is 0 Å². The van der Waals surface area contributed by atoms with E-state index >= 15 is 0 Å². The molecular weight excluding hydrogens is 226 g/mol. The van der Waals surface area contributed by atoms with E-state index in [1.807, 2.05) is 18.2 Å². The number of anilines is 1. The molecule has 3 nitrogen and oxygen atoms in total. The minimum Gasteiger partial charge on any atom is -0.381 e. The van der Waals surface area contributed by atoms with Crippen LogP contribution in [0, 0.1) is 5.92 Å². The Kier molecular flexibility index (Phi) is 3.33. The van der Waals surface area contributed by atoms with E-state index in [-0.39, 0.29) is 5.78 Å². The molecule has 1 saturated heterocycles. The Morgan fingerprint density at radius 3 is 3.06 bits per heavy atom. The Morgan fingerprint density at radius 2 is 2.22 bits per heavy atom. The predicted octanol–water partition coefficient (Wildman–Crippen LogP) is 2.51. The van der Waals surface area contributed by atoms with E-state index in [0.717, 1.165) is 50.4 Å². The fourth-order valence-electron chi connectivity index (χ4n) is 2.90. The zero-order valence-corrected chi connectivity index (χ0v) is 10.6. The predicted molar refractivity (Wildman–Crippen MR) is 71.1 cm³/mol. The van der Waals surface area contributed by atoms with Crippen molar-refractivity contribution in [3.8, 4) is 0 Å². The van der Waals surface area contributed by atoms with Gasteiger partial charge in [-0.1, -0.05) is 12.1 Å². The Balaban J connectivity index is 1.85. The number of Topliss-reactive ketones (excluding diaryl/α,β-unsaturated/α-hetero) is 1. The summed E-state index contributed by atoms with van der Waals surface area (Å²) in [6.45, 7) is 3.76. The smallest absolute Gasteiger partial charge is 0.165 e. The van der Waals surface area contributed by atoms with Gasteiger partial charge in [-0.2, -0.15) is 0 Å². The highest BCUT2D eigenvalue weighted by atomic mass is 16.5. The second-order valence-corrected chi connectivity index (χ2v) is 5.22. The monoisotopic (exact) mass is 245 g/mol. The molecule has 1 unspecified atom stereocenters. The lowest BCUT2D eigenvalue weighted by molar-refractivity contribution is 0.0984. The summed E-state index contributed by atoms with van der Waals surface area (Å²) in [5.41, 5.74) is 2.01. The van der Waals surface area contributed by atoms with Gasteiger partial charge in [0.2, 0.25) is 0 Å². The average Bonchev–Trinajstić information content (AvgIpc) is 2.85. The van der Waals surface area contributed by atoms with Crippen LogP contribution < -0.4 is 4.90 Å². The maximum absolute atomic E-state index is 12.0. The van der Waals surface area contributed by atoms with E-state index in [4.69, 9.17) is 4.74 Å². The topological polar surface area (TPSA) is 29.5 Å². The SMILES string of the molecule is O=C1CCCN(CC2CCOC2)c2ccccc21. The van der Waals surface area contributed by atoms with Crippen molar-refractivity contribution >= 4 is 11.5 Å². The first kappa shape index (κ1) is 11.7. The number of ketones is 1. The normalized spacial score (nSPS) is 23.9. The van der Waals surface area contributed by atoms with Gasteiger partial charge in [0.1, 0.15) is 0 Å². The van der Waals surface area contributed by atoms with Crippen molar-refractivity contribution in [2.75, 3.05) is 31.2 Å². The Hall–Kier alpha value is -1.35. The minimum absolute atomic E-state index is 0.288. The molecule has 3 rings (SSSR count). The zero-order chi connectivity index (χ0) is 12.4. The molecular formula is C15H19NO2. The molecule has 0 aromatic heterocycles. The second kappa shape index (κ2) is 5.11. The summed E-state index contributed by atoms with van der Waals surface area (Å²) in [6.07, 6.45) is 2.78. The molecule has 1 atom stereocenters. The van der Waals surface area contributed by atoms with E-state index in [1.165, 1.54) is 0 Å². The highest BCUT2D eigenvalue weighted by Crippen LogP contribution is 2.28. The van der Waals surface area contributed by atoms with Crippen LogP contribution in [0.5, 0.6) is 0 Å². The van der Waals surface area contributed by atoms with Crippen molar-refractivity contribution in [3.05, 3.63) is 29.8 Å². The molecule has 1 aromatic rings. The minimum atomic E-state index is 0.288. The summed E-state index contributed by atoms with van der Waals surface area (Å²) in [4.78, 5) is 14.4. The van der Waals surface area contributed by atoms with Gasteiger partial charge in [0.25, 0.3) is 0 Å². The van der Waals surface area contributed by atoms with E-state index in [2.05, 4.69) is 11.0 Å². The molecule has 2 aliphatic heterocycles. The average molecular weight is 245 g/mol. The van der Waals surface area contributed by atoms with Gasteiger partial charge in [0.05, 0.1) is 6.61 Å². The molecule has 96 valence electrons. The molecule has 1 aromatic carbocycles. The fraction of sp³-hybridized carbons (Fsp3) is 0.533. The highest BCUT2D eigenvalue weighted by Gasteiger charge is 2.24. The van der Waals surface area contributed by atoms with Gasteiger partial charge in [-0.3, -0.25) is 4.79 Å². The van der Waals surface area contributed by atoms with Gasteiger partial charge in [-0.05, 0) is 25.0 Å². The number of benzene rings is 1. The van der Waals surface area contributed by atoms with Gasteiger partial charge < -0.3 is 9.64 Å². The Bertz CT molecular complexity index is 438. The van der Waals surface area contributed by atoms with Crippen molar-refractivity contribution in [2.24, 2.45) is 5.92 Å². The number of nitrogens with zero attached hydrogens (tertiary/aromatic N) is 1. The summed E-state index contributed by atoms with van der Waals surface area (Å²) >= 11 is 0. The largest absolute Gasteiger partial charge is 0.381 e. The van der Waals surface area contributed by atoms with Crippen LogP contribution in [-0.4, -0.2) is 32.1 Å². The third-order valence-corrected chi connectivity index (χ3v) is 3.88. The maximum atomic E-state index is 12.0. The first-order chi connectivity index (χ1) is 8.84. The van der Waals surface area contributed by atoms with Gasteiger partial charge in [-0.15, -0.1) is 0 Å². The molecule has 0 bridgehead atoms. The molecule has 0 aliphatic carbocycles. The Labute approximate surface area is 108 Å². The van der Waals surface area contributed by atoms with Crippen LogP contribution in [0.25, 0.3) is 0 Å². The number of rotatable bonds is 2. The summed E-state index contributed by atoms with van der Waals surface area (Å²) in [5, 5.41) is 0. The van der Waals surface area contributed by atoms with Crippen LogP contribution in [0.2, 0.25) is 0 Å². The number of ether oxygens (including phenoxy) is 1. The molecule has 18 heavy (non-hydrogen) atoms. The van der Waals surface area contributed by atoms with E-state index in [0.29, 0.717) is 12.3 Å². The fourth-order valence-corrected chi connectivity index (χ4v) is 2.90. The summed E-state index contributed by atoms with van der Waals surface area (Å²) < 4.78 is 5.45. The molecule has 0 spiro atoms. The first-order valence-electron chi connectivity index (χ1n) is 6.79. The third kappa shape index (κ3) is 2.27. The molecule has 3 heteroatoms.